The van der Waals surface area contributed by atoms with Crippen molar-refractivity contribution in [1.29, 1.82) is 0 Å². The summed E-state index contributed by atoms with van der Waals surface area (Å²) in [5.41, 5.74) is 3.46. The van der Waals surface area contributed by atoms with Crippen molar-refractivity contribution in [1.82, 2.24) is 15.3 Å². The van der Waals surface area contributed by atoms with Gasteiger partial charge < -0.3 is 10.1 Å². The van der Waals surface area contributed by atoms with Crippen LogP contribution < -0.4 is 10.1 Å². The lowest BCUT2D eigenvalue weighted by molar-refractivity contribution is 0.0943. The van der Waals surface area contributed by atoms with Gasteiger partial charge in [-0.15, -0.1) is 11.3 Å². The maximum absolute atomic E-state index is 13.0. The van der Waals surface area contributed by atoms with Crippen LogP contribution >= 0.6 is 11.3 Å². The van der Waals surface area contributed by atoms with Gasteiger partial charge in [-0.1, -0.05) is 12.1 Å². The van der Waals surface area contributed by atoms with Crippen LogP contribution in [0.4, 0.5) is 0 Å². The van der Waals surface area contributed by atoms with Crippen molar-refractivity contribution in [2.24, 2.45) is 0 Å². The smallest absolute Gasteiger partial charge is 0.252 e. The Balaban J connectivity index is 1.66. The average molecular weight is 389 g/mol. The van der Waals surface area contributed by atoms with Gasteiger partial charge in [0, 0.05) is 18.0 Å². The highest BCUT2D eigenvalue weighted by Crippen LogP contribution is 2.26. The molecule has 2 aromatic heterocycles. The Hall–Kier alpha value is -3.25. The van der Waals surface area contributed by atoms with E-state index in [1.807, 2.05) is 61.5 Å². The summed E-state index contributed by atoms with van der Waals surface area (Å²) in [6.45, 7) is 1.97. The number of aromatic nitrogens is 2. The lowest BCUT2D eigenvalue weighted by Crippen LogP contribution is -2.29. The molecule has 6 heteroatoms. The van der Waals surface area contributed by atoms with Gasteiger partial charge in [-0.05, 0) is 60.5 Å². The summed E-state index contributed by atoms with van der Waals surface area (Å²) in [5.74, 6) is 0.639. The number of methoxy groups -OCH3 is 1. The number of nitrogens with zero attached hydrogens (tertiary/aromatic N) is 2. The molecule has 0 aliphatic rings. The third-order valence-electron chi connectivity index (χ3n) is 4.52. The second-order valence-corrected chi connectivity index (χ2v) is 7.61. The molecule has 0 aliphatic heterocycles. The van der Waals surface area contributed by atoms with Crippen LogP contribution in [0.15, 0.2) is 67.0 Å². The lowest BCUT2D eigenvalue weighted by atomic mass is 9.99. The number of hydrogen-bond donors (Lipinski definition) is 1. The second-order valence-electron chi connectivity index (χ2n) is 6.38. The molecule has 0 radical (unpaired) electrons. The Bertz CT molecular complexity index is 1110. The molecule has 2 aromatic carbocycles. The molecule has 1 N–H and O–H groups in total. The highest BCUT2D eigenvalue weighted by molar-refractivity contribution is 7.18. The highest BCUT2D eigenvalue weighted by Gasteiger charge is 2.18. The predicted octanol–water partition coefficient (Wildman–Crippen LogP) is 4.53. The van der Waals surface area contributed by atoms with Gasteiger partial charge in [0.25, 0.3) is 5.91 Å². The summed E-state index contributed by atoms with van der Waals surface area (Å²) in [4.78, 5) is 21.5. The van der Waals surface area contributed by atoms with Gasteiger partial charge in [0.1, 0.15) is 5.75 Å². The van der Waals surface area contributed by atoms with E-state index < -0.39 is 0 Å². The fourth-order valence-corrected chi connectivity index (χ4v) is 3.97. The van der Waals surface area contributed by atoms with Crippen molar-refractivity contribution in [2.45, 2.75) is 13.0 Å². The van der Waals surface area contributed by atoms with E-state index >= 15 is 0 Å². The van der Waals surface area contributed by atoms with E-state index in [9.17, 15) is 4.79 Å². The summed E-state index contributed by atoms with van der Waals surface area (Å²) in [7, 11) is 1.63. The lowest BCUT2D eigenvalue weighted by Gasteiger charge is -2.20. The van der Waals surface area contributed by atoms with Crippen LogP contribution in [0.25, 0.3) is 10.2 Å². The zero-order valence-electron chi connectivity index (χ0n) is 15.5. The zero-order chi connectivity index (χ0) is 19.5. The highest BCUT2D eigenvalue weighted by atomic mass is 32.1. The van der Waals surface area contributed by atoms with Crippen molar-refractivity contribution in [3.63, 3.8) is 0 Å². The Kier molecular flexibility index (Phi) is 5.04. The first-order chi connectivity index (χ1) is 13.6. The predicted molar refractivity (Wildman–Crippen MR) is 111 cm³/mol. The molecule has 2 heterocycles. The SMILES string of the molecule is COc1ccc([C@H](NC(=O)c2ccc3nc(C)sc3c2)c2ccncc2)cc1. The first-order valence-corrected chi connectivity index (χ1v) is 9.67. The summed E-state index contributed by atoms with van der Waals surface area (Å²) in [6.07, 6.45) is 3.45. The molecular formula is C22H19N3O2S. The number of fused-ring (bicyclic) bond motifs is 1. The second kappa shape index (κ2) is 7.78. The van der Waals surface area contributed by atoms with Gasteiger partial charge in [0.05, 0.1) is 28.4 Å². The van der Waals surface area contributed by atoms with E-state index in [0.717, 1.165) is 32.1 Å². The van der Waals surface area contributed by atoms with Crippen LogP contribution in [0.3, 0.4) is 0 Å². The van der Waals surface area contributed by atoms with Gasteiger partial charge in [-0.3, -0.25) is 9.78 Å². The molecule has 0 saturated heterocycles. The number of rotatable bonds is 5. The van der Waals surface area contributed by atoms with Crippen LogP contribution in [0.5, 0.6) is 5.75 Å². The minimum atomic E-state index is -0.291. The number of benzene rings is 2. The number of pyridine rings is 1. The molecule has 28 heavy (non-hydrogen) atoms. The Morgan fingerprint density at radius 3 is 2.46 bits per heavy atom. The summed E-state index contributed by atoms with van der Waals surface area (Å²) in [6, 6.07) is 16.8. The number of amides is 1. The third-order valence-corrected chi connectivity index (χ3v) is 5.46. The minimum absolute atomic E-state index is 0.134. The molecule has 1 atom stereocenters. The molecule has 0 spiro atoms. The van der Waals surface area contributed by atoms with E-state index in [-0.39, 0.29) is 11.9 Å². The molecule has 0 saturated carbocycles. The number of carbonyl (C=O) groups excluding carboxylic acids is 1. The van der Waals surface area contributed by atoms with Gasteiger partial charge in [0.2, 0.25) is 0 Å². The number of carbonyl (C=O) groups is 1. The van der Waals surface area contributed by atoms with Crippen molar-refractivity contribution in [3.8, 4) is 5.75 Å². The van der Waals surface area contributed by atoms with Crippen LogP contribution in [0.1, 0.15) is 32.5 Å². The van der Waals surface area contributed by atoms with Crippen molar-refractivity contribution >= 4 is 27.5 Å². The number of thiazole rings is 1. The van der Waals surface area contributed by atoms with E-state index in [4.69, 9.17) is 4.74 Å². The molecule has 4 aromatic rings. The van der Waals surface area contributed by atoms with E-state index in [1.165, 1.54) is 0 Å². The van der Waals surface area contributed by atoms with Crippen molar-refractivity contribution in [3.05, 3.63) is 88.7 Å². The molecule has 4 rings (SSSR count). The quantitative estimate of drug-likeness (QED) is 0.545. The minimum Gasteiger partial charge on any atom is -0.497 e. The Morgan fingerprint density at radius 1 is 1.04 bits per heavy atom. The fourth-order valence-electron chi connectivity index (χ4n) is 3.11. The molecule has 0 fully saturated rings. The molecule has 5 nitrogen and oxygen atoms in total. The number of ether oxygens (including phenoxy) is 1. The van der Waals surface area contributed by atoms with E-state index in [0.29, 0.717) is 5.56 Å². The van der Waals surface area contributed by atoms with Crippen LogP contribution in [0, 0.1) is 6.92 Å². The maximum Gasteiger partial charge on any atom is 0.252 e. The molecular weight excluding hydrogens is 370 g/mol. The Morgan fingerprint density at radius 2 is 1.75 bits per heavy atom. The van der Waals surface area contributed by atoms with E-state index in [2.05, 4.69) is 15.3 Å². The largest absolute Gasteiger partial charge is 0.497 e. The first kappa shape index (κ1) is 18.1. The molecule has 1 amide bonds. The van der Waals surface area contributed by atoms with Crippen LogP contribution in [-0.4, -0.2) is 23.0 Å². The van der Waals surface area contributed by atoms with Gasteiger partial charge >= 0.3 is 0 Å². The third kappa shape index (κ3) is 3.73. The van der Waals surface area contributed by atoms with Gasteiger partial charge in [-0.2, -0.15) is 0 Å². The summed E-state index contributed by atoms with van der Waals surface area (Å²) >= 11 is 1.59. The maximum atomic E-state index is 13.0. The van der Waals surface area contributed by atoms with E-state index in [1.54, 1.807) is 30.8 Å². The first-order valence-electron chi connectivity index (χ1n) is 8.86. The number of hydrogen-bond acceptors (Lipinski definition) is 5. The Labute approximate surface area is 167 Å². The van der Waals surface area contributed by atoms with Gasteiger partial charge in [0.15, 0.2) is 0 Å². The zero-order valence-corrected chi connectivity index (χ0v) is 16.4. The molecule has 0 unspecified atom stereocenters. The van der Waals surface area contributed by atoms with Crippen LogP contribution in [-0.2, 0) is 0 Å². The van der Waals surface area contributed by atoms with Crippen LogP contribution in [0.2, 0.25) is 0 Å². The molecule has 140 valence electrons. The monoisotopic (exact) mass is 389 g/mol. The topological polar surface area (TPSA) is 64.1 Å². The summed E-state index contributed by atoms with van der Waals surface area (Å²) < 4.78 is 6.26. The average Bonchev–Trinajstić information content (AvgIpc) is 3.11. The summed E-state index contributed by atoms with van der Waals surface area (Å²) in [5, 5.41) is 4.14. The van der Waals surface area contributed by atoms with Crippen molar-refractivity contribution in [2.75, 3.05) is 7.11 Å². The number of nitrogens with one attached hydrogen (secondary N) is 1. The molecule has 0 bridgehead atoms. The molecule has 0 aliphatic carbocycles. The van der Waals surface area contributed by atoms with Gasteiger partial charge in [-0.25, -0.2) is 4.98 Å². The fraction of sp³-hybridized carbons (Fsp3) is 0.136. The normalized spacial score (nSPS) is 11.9. The standard InChI is InChI=1S/C22H19N3O2S/c1-14-24-19-8-5-17(13-20(19)28-14)22(26)25-21(16-9-11-23-12-10-16)15-3-6-18(27-2)7-4-15/h3-13,21H,1-2H3,(H,25,26)/t21-/m0/s1. The van der Waals surface area contributed by atoms with Crippen molar-refractivity contribution < 1.29 is 9.53 Å². The number of aryl methyl sites for hydroxylation is 1.